The van der Waals surface area contributed by atoms with Crippen LogP contribution in [0.5, 0.6) is 5.75 Å². The Hall–Kier alpha value is -3.08. The zero-order valence-electron chi connectivity index (χ0n) is 14.8. The van der Waals surface area contributed by atoms with Gasteiger partial charge in [0, 0.05) is 24.1 Å². The van der Waals surface area contributed by atoms with Crippen molar-refractivity contribution in [1.82, 2.24) is 5.32 Å². The molecule has 5 nitrogen and oxygen atoms in total. The van der Waals surface area contributed by atoms with E-state index in [0.29, 0.717) is 17.9 Å². The number of rotatable bonds is 6. The van der Waals surface area contributed by atoms with Crippen molar-refractivity contribution in [2.45, 2.75) is 26.3 Å². The van der Waals surface area contributed by atoms with Crippen molar-refractivity contribution in [2.75, 3.05) is 6.61 Å². The maximum Gasteiger partial charge on any atom is 0.336 e. The molecule has 0 radical (unpaired) electrons. The van der Waals surface area contributed by atoms with Gasteiger partial charge in [-0.1, -0.05) is 44.2 Å². The lowest BCUT2D eigenvalue weighted by molar-refractivity contribution is -0.123. The highest BCUT2D eigenvalue weighted by atomic mass is 16.5. The zero-order chi connectivity index (χ0) is 18.5. The Morgan fingerprint density at radius 1 is 1.12 bits per heavy atom. The molecule has 1 aromatic heterocycles. The summed E-state index contributed by atoms with van der Waals surface area (Å²) in [6.07, 6.45) is 0. The molecular formula is C21H21NO4. The van der Waals surface area contributed by atoms with Gasteiger partial charge in [0.05, 0.1) is 0 Å². The number of nitrogens with one attached hydrogen (secondary N) is 1. The maximum atomic E-state index is 11.9. The van der Waals surface area contributed by atoms with E-state index in [1.807, 2.05) is 50.2 Å². The van der Waals surface area contributed by atoms with Crippen LogP contribution in [0.25, 0.3) is 11.0 Å². The summed E-state index contributed by atoms with van der Waals surface area (Å²) in [4.78, 5) is 23.7. The molecule has 5 heteroatoms. The standard InChI is InChI=1S/C21H21NO4/c1-14(2)18-11-21(24)26-19-10-16(8-9-17(18)19)25-13-20(23)22-12-15-6-4-3-5-7-15/h3-11,14H,12-13H2,1-2H3,(H,22,23). The van der Waals surface area contributed by atoms with E-state index >= 15 is 0 Å². The van der Waals surface area contributed by atoms with E-state index in [0.717, 1.165) is 16.5 Å². The van der Waals surface area contributed by atoms with Crippen LogP contribution >= 0.6 is 0 Å². The smallest absolute Gasteiger partial charge is 0.336 e. The van der Waals surface area contributed by atoms with Crippen LogP contribution in [0.2, 0.25) is 0 Å². The lowest BCUT2D eigenvalue weighted by atomic mass is 10.00. The van der Waals surface area contributed by atoms with Gasteiger partial charge in [0.25, 0.3) is 5.91 Å². The van der Waals surface area contributed by atoms with E-state index in [9.17, 15) is 9.59 Å². The third-order valence-corrected chi connectivity index (χ3v) is 4.07. The fraction of sp³-hybridized carbons (Fsp3) is 0.238. The molecule has 0 spiro atoms. The molecule has 3 rings (SSSR count). The summed E-state index contributed by atoms with van der Waals surface area (Å²) in [6.45, 7) is 4.39. The minimum Gasteiger partial charge on any atom is -0.484 e. The molecule has 0 aliphatic carbocycles. The predicted octanol–water partition coefficient (Wildman–Crippen LogP) is 3.61. The molecule has 1 N–H and O–H groups in total. The molecule has 0 bridgehead atoms. The molecule has 0 saturated heterocycles. The summed E-state index contributed by atoms with van der Waals surface area (Å²) in [7, 11) is 0. The lowest BCUT2D eigenvalue weighted by Gasteiger charge is -2.11. The number of hydrogen-bond donors (Lipinski definition) is 1. The molecule has 1 amide bonds. The van der Waals surface area contributed by atoms with Gasteiger partial charge in [-0.2, -0.15) is 0 Å². The minimum absolute atomic E-state index is 0.105. The first-order valence-corrected chi connectivity index (χ1v) is 8.54. The second-order valence-electron chi connectivity index (χ2n) is 6.38. The Labute approximate surface area is 151 Å². The SMILES string of the molecule is CC(C)c1cc(=O)oc2cc(OCC(=O)NCc3ccccc3)ccc12. The highest BCUT2D eigenvalue weighted by Crippen LogP contribution is 2.26. The lowest BCUT2D eigenvalue weighted by Crippen LogP contribution is -2.28. The average Bonchev–Trinajstić information content (AvgIpc) is 2.64. The van der Waals surface area contributed by atoms with Crippen LogP contribution in [-0.4, -0.2) is 12.5 Å². The van der Waals surface area contributed by atoms with Crippen molar-refractivity contribution >= 4 is 16.9 Å². The number of ether oxygens (including phenoxy) is 1. The molecule has 3 aromatic rings. The quantitative estimate of drug-likeness (QED) is 0.689. The van der Waals surface area contributed by atoms with Gasteiger partial charge in [-0.05, 0) is 29.2 Å². The monoisotopic (exact) mass is 351 g/mol. The summed E-state index contributed by atoms with van der Waals surface area (Å²) in [6, 6.07) is 16.5. The molecule has 0 atom stereocenters. The van der Waals surface area contributed by atoms with Crippen molar-refractivity contribution in [3.8, 4) is 5.75 Å². The van der Waals surface area contributed by atoms with E-state index < -0.39 is 0 Å². The molecule has 0 saturated carbocycles. The van der Waals surface area contributed by atoms with Crippen LogP contribution in [0, 0.1) is 0 Å². The van der Waals surface area contributed by atoms with Gasteiger partial charge in [-0.15, -0.1) is 0 Å². The van der Waals surface area contributed by atoms with Crippen molar-refractivity contribution in [3.63, 3.8) is 0 Å². The van der Waals surface area contributed by atoms with Crippen LogP contribution in [0.4, 0.5) is 0 Å². The number of amides is 1. The Morgan fingerprint density at radius 2 is 1.88 bits per heavy atom. The van der Waals surface area contributed by atoms with Crippen LogP contribution in [0.15, 0.2) is 63.8 Å². The predicted molar refractivity (Wildman–Crippen MR) is 100 cm³/mol. The largest absolute Gasteiger partial charge is 0.484 e. The van der Waals surface area contributed by atoms with Gasteiger partial charge in [-0.25, -0.2) is 4.79 Å². The third-order valence-electron chi connectivity index (χ3n) is 4.07. The van der Waals surface area contributed by atoms with Gasteiger partial charge in [0.1, 0.15) is 11.3 Å². The highest BCUT2D eigenvalue weighted by Gasteiger charge is 2.10. The van der Waals surface area contributed by atoms with Gasteiger partial charge in [0.2, 0.25) is 0 Å². The van der Waals surface area contributed by atoms with E-state index in [4.69, 9.17) is 9.15 Å². The van der Waals surface area contributed by atoms with Crippen molar-refractivity contribution < 1.29 is 13.9 Å². The first-order valence-electron chi connectivity index (χ1n) is 8.54. The molecule has 0 aliphatic rings. The normalized spacial score (nSPS) is 10.9. The van der Waals surface area contributed by atoms with E-state index in [-0.39, 0.29) is 24.1 Å². The van der Waals surface area contributed by atoms with Crippen LogP contribution < -0.4 is 15.7 Å². The third kappa shape index (κ3) is 4.30. The van der Waals surface area contributed by atoms with Gasteiger partial charge in [-0.3, -0.25) is 4.79 Å². The summed E-state index contributed by atoms with van der Waals surface area (Å²) in [5.41, 5.74) is 2.03. The average molecular weight is 351 g/mol. The summed E-state index contributed by atoms with van der Waals surface area (Å²) in [5, 5.41) is 3.68. The first kappa shape index (κ1) is 17.7. The highest BCUT2D eigenvalue weighted by molar-refractivity contribution is 5.82. The zero-order valence-corrected chi connectivity index (χ0v) is 14.8. The minimum atomic E-state index is -0.390. The van der Waals surface area contributed by atoms with Crippen LogP contribution in [-0.2, 0) is 11.3 Å². The van der Waals surface area contributed by atoms with Crippen molar-refractivity contribution in [1.29, 1.82) is 0 Å². The Morgan fingerprint density at radius 3 is 2.62 bits per heavy atom. The van der Waals surface area contributed by atoms with Crippen molar-refractivity contribution in [3.05, 3.63) is 76.1 Å². The molecule has 0 unspecified atom stereocenters. The van der Waals surface area contributed by atoms with Gasteiger partial charge >= 0.3 is 5.63 Å². The second-order valence-corrected chi connectivity index (χ2v) is 6.38. The number of benzene rings is 2. The summed E-state index contributed by atoms with van der Waals surface area (Å²) < 4.78 is 10.8. The molecule has 134 valence electrons. The van der Waals surface area contributed by atoms with Crippen molar-refractivity contribution in [2.24, 2.45) is 0 Å². The molecular weight excluding hydrogens is 330 g/mol. The molecule has 26 heavy (non-hydrogen) atoms. The number of carbonyl (C=O) groups is 1. The summed E-state index contributed by atoms with van der Waals surface area (Å²) >= 11 is 0. The fourth-order valence-electron chi connectivity index (χ4n) is 2.73. The Bertz CT molecular complexity index is 961. The van der Waals surface area contributed by atoms with E-state index in [2.05, 4.69) is 5.32 Å². The van der Waals surface area contributed by atoms with Gasteiger partial charge < -0.3 is 14.5 Å². The van der Waals surface area contributed by atoms with E-state index in [1.54, 1.807) is 12.1 Å². The summed E-state index contributed by atoms with van der Waals surface area (Å²) in [5.74, 6) is 0.472. The topological polar surface area (TPSA) is 68.5 Å². The fourth-order valence-corrected chi connectivity index (χ4v) is 2.73. The maximum absolute atomic E-state index is 11.9. The molecule has 0 aliphatic heterocycles. The molecule has 2 aromatic carbocycles. The second kappa shape index (κ2) is 7.87. The van der Waals surface area contributed by atoms with Crippen LogP contribution in [0.3, 0.4) is 0 Å². The molecule has 0 fully saturated rings. The van der Waals surface area contributed by atoms with E-state index in [1.165, 1.54) is 6.07 Å². The van der Waals surface area contributed by atoms with Gasteiger partial charge in [0.15, 0.2) is 6.61 Å². The first-order chi connectivity index (χ1) is 12.5. The number of carbonyl (C=O) groups excluding carboxylic acids is 1. The number of fused-ring (bicyclic) bond motifs is 1. The Balaban J connectivity index is 1.65. The van der Waals surface area contributed by atoms with Crippen LogP contribution in [0.1, 0.15) is 30.9 Å². The Kier molecular flexibility index (Phi) is 5.37. The molecule has 1 heterocycles. The number of hydrogen-bond acceptors (Lipinski definition) is 4.